The Morgan fingerprint density at radius 2 is 0.929 bits per heavy atom. The molecule has 0 spiro atoms. The van der Waals surface area contributed by atoms with Crippen LogP contribution in [0.2, 0.25) is 0 Å². The molecule has 0 atom stereocenters. The van der Waals surface area contributed by atoms with Crippen molar-refractivity contribution in [3.8, 4) is 0 Å². The average molecular weight is 236 g/mol. The first-order chi connectivity index (χ1) is 6.27. The van der Waals surface area contributed by atoms with E-state index >= 15 is 0 Å². The minimum atomic E-state index is 0. The predicted molar refractivity (Wildman–Crippen MR) is 40.5 cm³/mol. The van der Waals surface area contributed by atoms with Crippen LogP contribution in [-0.4, -0.2) is 0 Å². The van der Waals surface area contributed by atoms with Crippen LogP contribution in [0.4, 0.5) is 0 Å². The second-order valence-corrected chi connectivity index (χ2v) is 1.28. The van der Waals surface area contributed by atoms with Crippen molar-refractivity contribution in [1.29, 1.82) is 0 Å². The van der Waals surface area contributed by atoms with Crippen LogP contribution in [0.5, 0.6) is 0 Å². The van der Waals surface area contributed by atoms with Gasteiger partial charge in [-0.3, -0.25) is 0 Å². The van der Waals surface area contributed by atoms with E-state index < -0.39 is 0 Å². The third kappa shape index (κ3) is 788. The van der Waals surface area contributed by atoms with Crippen LogP contribution in [0.25, 0.3) is 0 Å². The number of allylic oxidation sites excluding steroid dienone is 2. The van der Waals surface area contributed by atoms with E-state index in [1.165, 1.54) is 5.57 Å². The molecule has 0 aromatic heterocycles. The summed E-state index contributed by atoms with van der Waals surface area (Å²) in [6.45, 7) is 25.6. The van der Waals surface area contributed by atoms with Crippen molar-refractivity contribution in [3.05, 3.63) is 45.2 Å². The van der Waals surface area contributed by atoms with Gasteiger partial charge in [0.2, 0.25) is 0 Å². The standard InChI is InChI=1S/C5H9.4CO.Mn/c1-4-5(2)3;4*1-2;/h4H,1H2,2-3H3;;;;;. The number of hydrogen-bond donors (Lipinski definition) is 0. The molecule has 5 heteroatoms. The largest absolute Gasteiger partial charge is 0.0856 e. The van der Waals surface area contributed by atoms with Crippen LogP contribution >= 0.6 is 0 Å². The summed E-state index contributed by atoms with van der Waals surface area (Å²) in [7, 11) is 0. The average Bonchev–Trinajstić information content (AvgIpc) is 2.29. The maximum absolute atomic E-state index is 7.50. The zero-order valence-corrected chi connectivity index (χ0v) is 8.98. The molecule has 0 aliphatic carbocycles. The van der Waals surface area contributed by atoms with Gasteiger partial charge in [0.05, 0.1) is 0 Å². The monoisotopic (exact) mass is 236 g/mol. The molecule has 0 fully saturated rings. The van der Waals surface area contributed by atoms with E-state index in [1.54, 1.807) is 0 Å². The van der Waals surface area contributed by atoms with Gasteiger partial charge < -0.3 is 0 Å². The summed E-state index contributed by atoms with van der Waals surface area (Å²) >= 11 is 0. The maximum Gasteiger partial charge on any atom is 0 e. The van der Waals surface area contributed by atoms with Gasteiger partial charge in [-0.25, -0.2) is 0 Å². The van der Waals surface area contributed by atoms with Gasteiger partial charge in [-0.05, 0) is 20.8 Å². The summed E-state index contributed by atoms with van der Waals surface area (Å²) in [6, 6.07) is 0. The Morgan fingerprint density at radius 3 is 0.929 bits per heavy atom. The molecule has 0 saturated carbocycles. The van der Waals surface area contributed by atoms with Crippen molar-refractivity contribution in [2.75, 3.05) is 0 Å². The zero-order valence-electron chi connectivity index (χ0n) is 7.80. The molecule has 0 N–H and O–H groups in total. The van der Waals surface area contributed by atoms with Gasteiger partial charge in [-0.1, -0.05) is 11.6 Å². The summed E-state index contributed by atoms with van der Waals surface area (Å²) in [5.74, 6) is 0. The molecule has 0 rings (SSSR count). The molecule has 0 bridgehead atoms. The van der Waals surface area contributed by atoms with E-state index in [4.69, 9.17) is 18.6 Å². The van der Waals surface area contributed by atoms with Crippen LogP contribution in [0.15, 0.2) is 11.6 Å². The third-order valence-electron chi connectivity index (χ3n) is 0.408. The van der Waals surface area contributed by atoms with Crippen molar-refractivity contribution in [2.45, 2.75) is 13.8 Å². The van der Waals surface area contributed by atoms with Crippen molar-refractivity contribution in [3.63, 3.8) is 0 Å². The Morgan fingerprint density at radius 1 is 0.857 bits per heavy atom. The van der Waals surface area contributed by atoms with Crippen molar-refractivity contribution in [2.24, 2.45) is 0 Å². The van der Waals surface area contributed by atoms with Gasteiger partial charge in [0.25, 0.3) is 0 Å². The van der Waals surface area contributed by atoms with Gasteiger partial charge in [-0.15, -0.1) is 0 Å². The first-order valence-electron chi connectivity index (χ1n) is 2.51. The molecule has 0 aromatic carbocycles. The Labute approximate surface area is 95.1 Å². The van der Waals surface area contributed by atoms with Gasteiger partial charge in [-0.2, -0.15) is 0 Å². The molecular weight excluding hydrogens is 227 g/mol. The molecule has 0 aliphatic rings. The molecule has 4 nitrogen and oxygen atoms in total. The predicted octanol–water partition coefficient (Wildman–Crippen LogP) is 1.63. The first-order valence-corrected chi connectivity index (χ1v) is 2.51. The summed E-state index contributed by atoms with van der Waals surface area (Å²) in [6.07, 6.45) is 1.83. The molecular formula is C9H9MnO4. The van der Waals surface area contributed by atoms with E-state index in [0.717, 1.165) is 0 Å². The van der Waals surface area contributed by atoms with Crippen molar-refractivity contribution < 1.29 is 35.7 Å². The summed E-state index contributed by atoms with van der Waals surface area (Å²) in [5.41, 5.74) is 1.27. The fourth-order valence-electron chi connectivity index (χ4n) is 0. The summed E-state index contributed by atoms with van der Waals surface area (Å²) < 4.78 is 30.0. The second-order valence-electron chi connectivity index (χ2n) is 1.28. The molecule has 14 heavy (non-hydrogen) atoms. The van der Waals surface area contributed by atoms with E-state index in [-0.39, 0.29) is 17.1 Å². The maximum atomic E-state index is 7.50. The Kier molecular flexibility index (Phi) is 401. The van der Waals surface area contributed by atoms with Crippen LogP contribution in [-0.2, 0) is 35.7 Å². The fourth-order valence-corrected chi connectivity index (χ4v) is 0. The normalized spacial score (nSPS) is 3.07. The molecule has 0 unspecified atom stereocenters. The first kappa shape index (κ1) is 37.9. The Balaban J connectivity index is -0.0000000156. The summed E-state index contributed by atoms with van der Waals surface area (Å²) in [4.78, 5) is 0. The quantitative estimate of drug-likeness (QED) is 0.348. The van der Waals surface area contributed by atoms with E-state index in [2.05, 4.69) is 33.5 Å². The van der Waals surface area contributed by atoms with Gasteiger partial charge in [0, 0.05) is 17.1 Å². The smallest absolute Gasteiger partial charge is 0 e. The Bertz CT molecular complexity index is 137. The third-order valence-corrected chi connectivity index (χ3v) is 0.408. The molecule has 76 valence electrons. The minimum Gasteiger partial charge on any atom is -0.0856 e. The van der Waals surface area contributed by atoms with Crippen molar-refractivity contribution >= 4 is 0 Å². The van der Waals surface area contributed by atoms with Crippen LogP contribution in [0.3, 0.4) is 0 Å². The Hall–Kier alpha value is -0.781. The van der Waals surface area contributed by atoms with E-state index in [0.29, 0.717) is 0 Å². The number of hydrogen-bond acceptors (Lipinski definition) is 0. The number of rotatable bonds is 0. The molecule has 0 amide bonds. The van der Waals surface area contributed by atoms with Crippen LogP contribution < -0.4 is 0 Å². The van der Waals surface area contributed by atoms with E-state index in [9.17, 15) is 0 Å². The van der Waals surface area contributed by atoms with E-state index in [1.807, 2.05) is 19.9 Å². The van der Waals surface area contributed by atoms with Gasteiger partial charge >= 0.3 is 45.2 Å². The van der Waals surface area contributed by atoms with Crippen molar-refractivity contribution in [1.82, 2.24) is 0 Å². The molecule has 2 radical (unpaired) electrons. The SMILES string of the molecule is [C-]#[O+].[C-]#[O+].[C-]#[O+].[C-]#[O+].[CH2]C=C(C)C.[Mn]. The van der Waals surface area contributed by atoms with Gasteiger partial charge in [0.15, 0.2) is 0 Å². The van der Waals surface area contributed by atoms with Crippen LogP contribution in [0.1, 0.15) is 13.8 Å². The summed E-state index contributed by atoms with van der Waals surface area (Å²) in [5, 5.41) is 0. The molecule has 0 aliphatic heterocycles. The van der Waals surface area contributed by atoms with Crippen LogP contribution in [0, 0.1) is 33.5 Å². The fraction of sp³-hybridized carbons (Fsp3) is 0.222. The van der Waals surface area contributed by atoms with Gasteiger partial charge in [0.1, 0.15) is 0 Å². The molecule has 0 heterocycles. The molecule has 0 aromatic rings. The minimum absolute atomic E-state index is 0. The molecule has 0 saturated heterocycles. The second kappa shape index (κ2) is 148. The zero-order chi connectivity index (χ0) is 12.3. The topological polar surface area (TPSA) is 79.6 Å².